The molecule has 0 aliphatic carbocycles. The van der Waals surface area contributed by atoms with Gasteiger partial charge in [0.05, 0.1) is 7.11 Å². The first kappa shape index (κ1) is 10.6. The van der Waals surface area contributed by atoms with Crippen molar-refractivity contribution in [2.75, 3.05) is 12.8 Å². The highest BCUT2D eigenvalue weighted by Crippen LogP contribution is 2.29. The summed E-state index contributed by atoms with van der Waals surface area (Å²) >= 11 is 0. The van der Waals surface area contributed by atoms with E-state index in [-0.39, 0.29) is 0 Å². The molecule has 2 N–H and O–H groups in total. The average Bonchev–Trinajstić information content (AvgIpc) is 2.21. The number of ether oxygens (including phenoxy) is 1. The summed E-state index contributed by atoms with van der Waals surface area (Å²) < 4.78 is 5.29. The van der Waals surface area contributed by atoms with Gasteiger partial charge in [0.2, 0.25) is 0 Å². The molecule has 0 saturated carbocycles. The minimum Gasteiger partial charge on any atom is -0.496 e. The predicted molar refractivity (Wildman–Crippen MR) is 61.3 cm³/mol. The van der Waals surface area contributed by atoms with E-state index in [0.717, 1.165) is 23.4 Å². The van der Waals surface area contributed by atoms with E-state index in [9.17, 15) is 0 Å². The van der Waals surface area contributed by atoms with Crippen molar-refractivity contribution in [1.29, 1.82) is 0 Å². The molecular formula is C12H17NO. The van der Waals surface area contributed by atoms with Gasteiger partial charge in [-0.25, -0.2) is 0 Å². The Morgan fingerprint density at radius 1 is 1.50 bits per heavy atom. The summed E-state index contributed by atoms with van der Waals surface area (Å²) in [5, 5.41) is 0. The van der Waals surface area contributed by atoms with Crippen LogP contribution >= 0.6 is 0 Å². The third-order valence-electron chi connectivity index (χ3n) is 2.30. The number of allylic oxidation sites excluding steroid dienone is 2. The predicted octanol–water partition coefficient (Wildman–Crippen LogP) is 3.09. The molecule has 0 heterocycles. The zero-order valence-electron chi connectivity index (χ0n) is 9.00. The second-order valence-corrected chi connectivity index (χ2v) is 3.13. The Labute approximate surface area is 85.4 Å². The van der Waals surface area contributed by atoms with Crippen LogP contribution in [0.3, 0.4) is 0 Å². The third-order valence-corrected chi connectivity index (χ3v) is 2.30. The molecule has 0 aromatic heterocycles. The van der Waals surface area contributed by atoms with Crippen LogP contribution in [0.1, 0.15) is 25.8 Å². The first-order valence-electron chi connectivity index (χ1n) is 4.82. The molecular weight excluding hydrogens is 174 g/mol. The van der Waals surface area contributed by atoms with Gasteiger partial charge < -0.3 is 10.5 Å². The van der Waals surface area contributed by atoms with Gasteiger partial charge in [-0.3, -0.25) is 0 Å². The van der Waals surface area contributed by atoms with E-state index in [4.69, 9.17) is 10.5 Å². The van der Waals surface area contributed by atoms with Gasteiger partial charge in [0.15, 0.2) is 0 Å². The number of nitrogens with two attached hydrogens (primary N) is 1. The molecule has 0 bridgehead atoms. The van der Waals surface area contributed by atoms with E-state index in [1.807, 2.05) is 25.1 Å². The molecule has 1 rings (SSSR count). The smallest absolute Gasteiger partial charge is 0.128 e. The molecule has 2 nitrogen and oxygen atoms in total. The second-order valence-electron chi connectivity index (χ2n) is 3.13. The lowest BCUT2D eigenvalue weighted by atomic mass is 10.0. The summed E-state index contributed by atoms with van der Waals surface area (Å²) in [6.07, 6.45) is 3.10. The number of methoxy groups -OCH3 is 1. The number of benzene rings is 1. The summed E-state index contributed by atoms with van der Waals surface area (Å²) in [5.74, 6) is 0.847. The van der Waals surface area contributed by atoms with Crippen molar-refractivity contribution >= 4 is 11.3 Å². The maximum atomic E-state index is 5.69. The van der Waals surface area contributed by atoms with E-state index in [1.54, 1.807) is 7.11 Å². The maximum absolute atomic E-state index is 5.69. The lowest BCUT2D eigenvalue weighted by molar-refractivity contribution is 0.413. The largest absolute Gasteiger partial charge is 0.496 e. The zero-order valence-corrected chi connectivity index (χ0v) is 9.00. The maximum Gasteiger partial charge on any atom is 0.128 e. The number of hydrogen-bond acceptors (Lipinski definition) is 2. The first-order valence-corrected chi connectivity index (χ1v) is 4.82. The first-order chi connectivity index (χ1) is 6.72. The van der Waals surface area contributed by atoms with E-state index < -0.39 is 0 Å². The average molecular weight is 191 g/mol. The zero-order chi connectivity index (χ0) is 10.6. The molecule has 14 heavy (non-hydrogen) atoms. The van der Waals surface area contributed by atoms with Crippen LogP contribution < -0.4 is 10.5 Å². The topological polar surface area (TPSA) is 35.2 Å². The highest BCUT2D eigenvalue weighted by molar-refractivity contribution is 5.72. The van der Waals surface area contributed by atoms with E-state index in [0.29, 0.717) is 0 Å². The van der Waals surface area contributed by atoms with Crippen molar-refractivity contribution < 1.29 is 4.74 Å². The Kier molecular flexibility index (Phi) is 3.57. The summed E-state index contributed by atoms with van der Waals surface area (Å²) in [4.78, 5) is 0. The van der Waals surface area contributed by atoms with Crippen LogP contribution in [0.15, 0.2) is 24.3 Å². The van der Waals surface area contributed by atoms with Crippen molar-refractivity contribution in [3.8, 4) is 5.75 Å². The number of hydrogen-bond donors (Lipinski definition) is 1. The van der Waals surface area contributed by atoms with Crippen molar-refractivity contribution in [1.82, 2.24) is 0 Å². The van der Waals surface area contributed by atoms with Crippen molar-refractivity contribution in [2.45, 2.75) is 20.3 Å². The van der Waals surface area contributed by atoms with Gasteiger partial charge in [0, 0.05) is 17.3 Å². The van der Waals surface area contributed by atoms with Crippen molar-refractivity contribution in [3.05, 3.63) is 29.8 Å². The van der Waals surface area contributed by atoms with E-state index >= 15 is 0 Å². The van der Waals surface area contributed by atoms with Crippen molar-refractivity contribution in [3.63, 3.8) is 0 Å². The fourth-order valence-electron chi connectivity index (χ4n) is 1.52. The van der Waals surface area contributed by atoms with Crippen LogP contribution in [-0.2, 0) is 0 Å². The molecule has 0 aliphatic heterocycles. The minimum atomic E-state index is 0.733. The number of rotatable bonds is 3. The summed E-state index contributed by atoms with van der Waals surface area (Å²) in [6.45, 7) is 4.17. The number of anilines is 1. The van der Waals surface area contributed by atoms with Gasteiger partial charge in [0.25, 0.3) is 0 Å². The Balaban J connectivity index is 3.20. The summed E-state index contributed by atoms with van der Waals surface area (Å²) in [5.41, 5.74) is 8.83. The standard InChI is InChI=1S/C12H17NO/c1-4-9(5-2)11-7-6-10(13)8-12(11)14-3/h4,6-8H,5,13H2,1-3H3/b9-4+. The normalized spacial score (nSPS) is 11.5. The van der Waals surface area contributed by atoms with Crippen LogP contribution in [-0.4, -0.2) is 7.11 Å². The molecule has 0 saturated heterocycles. The van der Waals surface area contributed by atoms with Crippen LogP contribution in [0.5, 0.6) is 5.75 Å². The molecule has 0 spiro atoms. The van der Waals surface area contributed by atoms with Gasteiger partial charge in [-0.1, -0.05) is 13.0 Å². The SMILES string of the molecule is C/C=C(\CC)c1ccc(N)cc1OC. The highest BCUT2D eigenvalue weighted by atomic mass is 16.5. The molecule has 1 aromatic carbocycles. The van der Waals surface area contributed by atoms with Gasteiger partial charge in [-0.15, -0.1) is 0 Å². The van der Waals surface area contributed by atoms with Gasteiger partial charge in [0.1, 0.15) is 5.75 Å². The van der Waals surface area contributed by atoms with Gasteiger partial charge in [-0.05, 0) is 31.1 Å². The Bertz CT molecular complexity index is 342. The molecule has 0 atom stereocenters. The van der Waals surface area contributed by atoms with Gasteiger partial charge in [-0.2, -0.15) is 0 Å². The van der Waals surface area contributed by atoms with Crippen molar-refractivity contribution in [2.24, 2.45) is 0 Å². The van der Waals surface area contributed by atoms with Crippen LogP contribution in [0.25, 0.3) is 5.57 Å². The van der Waals surface area contributed by atoms with E-state index in [1.165, 1.54) is 5.57 Å². The molecule has 0 aliphatic rings. The van der Waals surface area contributed by atoms with Gasteiger partial charge >= 0.3 is 0 Å². The van der Waals surface area contributed by atoms with Crippen LogP contribution in [0, 0.1) is 0 Å². The fraction of sp³-hybridized carbons (Fsp3) is 0.333. The minimum absolute atomic E-state index is 0.733. The number of nitrogen functional groups attached to an aromatic ring is 1. The third kappa shape index (κ3) is 2.08. The van der Waals surface area contributed by atoms with Crippen LogP contribution in [0.4, 0.5) is 5.69 Å². The second kappa shape index (κ2) is 4.70. The Morgan fingerprint density at radius 2 is 2.21 bits per heavy atom. The van der Waals surface area contributed by atoms with Crippen LogP contribution in [0.2, 0.25) is 0 Å². The molecule has 0 amide bonds. The molecule has 0 unspecified atom stereocenters. The fourth-order valence-corrected chi connectivity index (χ4v) is 1.52. The lowest BCUT2D eigenvalue weighted by Gasteiger charge is -2.11. The summed E-state index contributed by atoms with van der Waals surface area (Å²) in [6, 6.07) is 5.76. The molecule has 1 aromatic rings. The summed E-state index contributed by atoms with van der Waals surface area (Å²) in [7, 11) is 1.67. The Hall–Kier alpha value is -1.44. The molecule has 76 valence electrons. The molecule has 0 radical (unpaired) electrons. The molecule has 0 fully saturated rings. The van der Waals surface area contributed by atoms with E-state index in [2.05, 4.69) is 13.0 Å². The molecule has 2 heteroatoms. The lowest BCUT2D eigenvalue weighted by Crippen LogP contribution is -1.93. The monoisotopic (exact) mass is 191 g/mol. The quantitative estimate of drug-likeness (QED) is 0.745. The Morgan fingerprint density at radius 3 is 2.71 bits per heavy atom. The highest BCUT2D eigenvalue weighted by Gasteiger charge is 2.06.